The largest absolute Gasteiger partial charge is 0.345 e. The van der Waals surface area contributed by atoms with Crippen molar-refractivity contribution >= 4 is 17.9 Å². The van der Waals surface area contributed by atoms with E-state index < -0.39 is 6.04 Å². The maximum absolute atomic E-state index is 12.2. The van der Waals surface area contributed by atoms with Crippen molar-refractivity contribution in [2.45, 2.75) is 25.9 Å². The van der Waals surface area contributed by atoms with Crippen molar-refractivity contribution in [2.24, 2.45) is 7.05 Å². The van der Waals surface area contributed by atoms with E-state index in [0.29, 0.717) is 5.82 Å². The zero-order chi connectivity index (χ0) is 17.5. The van der Waals surface area contributed by atoms with E-state index in [1.807, 2.05) is 37.3 Å². The smallest absolute Gasteiger partial charge is 0.244 e. The monoisotopic (exact) mass is 327 g/mol. The molecular weight excluding hydrogens is 306 g/mol. The van der Waals surface area contributed by atoms with Crippen LogP contribution in [0.1, 0.15) is 31.3 Å². The fraction of sp³-hybridized carbons (Fsp3) is 0.294. The van der Waals surface area contributed by atoms with E-state index in [9.17, 15) is 9.59 Å². The molecule has 1 heterocycles. The third kappa shape index (κ3) is 4.77. The van der Waals surface area contributed by atoms with E-state index in [0.717, 1.165) is 5.56 Å². The normalized spacial score (nSPS) is 13.5. The maximum Gasteiger partial charge on any atom is 0.244 e. The number of hydrogen-bond donors (Lipinski definition) is 2. The SMILES string of the molecule is C[C@H](NC(=O)/C=C\c1ccccc1)C(=O)N[C@H](C)c1nncn1C. The highest BCUT2D eigenvalue weighted by Crippen LogP contribution is 2.07. The van der Waals surface area contributed by atoms with Crippen LogP contribution in [0.15, 0.2) is 42.7 Å². The molecule has 0 saturated heterocycles. The molecule has 2 N–H and O–H groups in total. The lowest BCUT2D eigenvalue weighted by molar-refractivity contribution is -0.127. The van der Waals surface area contributed by atoms with Gasteiger partial charge in [0.05, 0.1) is 6.04 Å². The molecule has 2 aromatic rings. The molecule has 0 saturated carbocycles. The minimum atomic E-state index is -0.659. The molecule has 1 aromatic carbocycles. The van der Waals surface area contributed by atoms with Crippen molar-refractivity contribution < 1.29 is 9.59 Å². The van der Waals surface area contributed by atoms with Gasteiger partial charge in [-0.25, -0.2) is 0 Å². The van der Waals surface area contributed by atoms with Crippen LogP contribution in [0.3, 0.4) is 0 Å². The Morgan fingerprint density at radius 2 is 1.88 bits per heavy atom. The third-order valence-electron chi connectivity index (χ3n) is 3.47. The Labute approximate surface area is 140 Å². The number of aromatic nitrogens is 3. The number of hydrogen-bond acceptors (Lipinski definition) is 4. The first-order valence-corrected chi connectivity index (χ1v) is 7.65. The Bertz CT molecular complexity index is 724. The van der Waals surface area contributed by atoms with E-state index in [1.54, 1.807) is 30.9 Å². The van der Waals surface area contributed by atoms with Crippen LogP contribution >= 0.6 is 0 Å². The van der Waals surface area contributed by atoms with Crippen molar-refractivity contribution in [3.05, 3.63) is 54.1 Å². The average molecular weight is 327 g/mol. The summed E-state index contributed by atoms with van der Waals surface area (Å²) in [5, 5.41) is 13.2. The molecule has 2 atom stereocenters. The highest BCUT2D eigenvalue weighted by Gasteiger charge is 2.19. The summed E-state index contributed by atoms with van der Waals surface area (Å²) in [6, 6.07) is 8.51. The van der Waals surface area contributed by atoms with Crippen molar-refractivity contribution in [1.29, 1.82) is 0 Å². The first-order chi connectivity index (χ1) is 11.5. The van der Waals surface area contributed by atoms with E-state index >= 15 is 0 Å². The second-order valence-corrected chi connectivity index (χ2v) is 5.50. The molecule has 7 heteroatoms. The van der Waals surface area contributed by atoms with Gasteiger partial charge < -0.3 is 15.2 Å². The lowest BCUT2D eigenvalue weighted by Crippen LogP contribution is -2.45. The van der Waals surface area contributed by atoms with E-state index in [1.165, 1.54) is 6.08 Å². The fourth-order valence-corrected chi connectivity index (χ4v) is 2.15. The summed E-state index contributed by atoms with van der Waals surface area (Å²) >= 11 is 0. The van der Waals surface area contributed by atoms with E-state index in [2.05, 4.69) is 20.8 Å². The Morgan fingerprint density at radius 3 is 2.50 bits per heavy atom. The number of nitrogens with zero attached hydrogens (tertiary/aromatic N) is 3. The second-order valence-electron chi connectivity index (χ2n) is 5.50. The first-order valence-electron chi connectivity index (χ1n) is 7.65. The maximum atomic E-state index is 12.2. The third-order valence-corrected chi connectivity index (χ3v) is 3.47. The molecule has 24 heavy (non-hydrogen) atoms. The van der Waals surface area contributed by atoms with Crippen molar-refractivity contribution in [1.82, 2.24) is 25.4 Å². The predicted octanol–water partition coefficient (Wildman–Crippen LogP) is 1.21. The highest BCUT2D eigenvalue weighted by atomic mass is 16.2. The van der Waals surface area contributed by atoms with Gasteiger partial charge in [-0.1, -0.05) is 30.3 Å². The summed E-state index contributed by atoms with van der Waals surface area (Å²) in [4.78, 5) is 24.1. The molecule has 2 amide bonds. The van der Waals surface area contributed by atoms with Crippen LogP contribution in [0.2, 0.25) is 0 Å². The molecule has 0 spiro atoms. The van der Waals surface area contributed by atoms with Gasteiger partial charge in [0, 0.05) is 13.1 Å². The average Bonchev–Trinajstić information content (AvgIpc) is 3.00. The lowest BCUT2D eigenvalue weighted by Gasteiger charge is -2.17. The quantitative estimate of drug-likeness (QED) is 0.781. The number of benzene rings is 1. The number of carbonyl (C=O) groups is 2. The zero-order valence-electron chi connectivity index (χ0n) is 13.9. The van der Waals surface area contributed by atoms with Crippen molar-refractivity contribution in [3.8, 4) is 0 Å². The van der Waals surface area contributed by atoms with Crippen LogP contribution in [0.25, 0.3) is 6.08 Å². The minimum Gasteiger partial charge on any atom is -0.345 e. The van der Waals surface area contributed by atoms with Crippen LogP contribution in [0.5, 0.6) is 0 Å². The van der Waals surface area contributed by atoms with Gasteiger partial charge in [0.2, 0.25) is 11.8 Å². The number of amides is 2. The fourth-order valence-electron chi connectivity index (χ4n) is 2.15. The Balaban J connectivity index is 1.86. The summed E-state index contributed by atoms with van der Waals surface area (Å²) in [6.45, 7) is 3.44. The topological polar surface area (TPSA) is 88.9 Å². The molecule has 0 aliphatic heterocycles. The summed E-state index contributed by atoms with van der Waals surface area (Å²) in [5.74, 6) is 0.0330. The summed E-state index contributed by atoms with van der Waals surface area (Å²) in [7, 11) is 1.80. The van der Waals surface area contributed by atoms with Gasteiger partial charge in [0.25, 0.3) is 0 Å². The van der Waals surface area contributed by atoms with Crippen molar-refractivity contribution in [2.75, 3.05) is 0 Å². The molecule has 0 unspecified atom stereocenters. The zero-order valence-corrected chi connectivity index (χ0v) is 13.9. The molecule has 0 radical (unpaired) electrons. The van der Waals surface area contributed by atoms with E-state index in [4.69, 9.17) is 0 Å². The van der Waals surface area contributed by atoms with Gasteiger partial charge in [-0.05, 0) is 25.5 Å². The molecule has 0 aliphatic rings. The van der Waals surface area contributed by atoms with Gasteiger partial charge in [-0.2, -0.15) is 0 Å². The lowest BCUT2D eigenvalue weighted by atomic mass is 10.2. The van der Waals surface area contributed by atoms with Crippen LogP contribution in [0, 0.1) is 0 Å². The van der Waals surface area contributed by atoms with Crippen LogP contribution < -0.4 is 10.6 Å². The molecule has 0 fully saturated rings. The number of carbonyl (C=O) groups excluding carboxylic acids is 2. The first kappa shape index (κ1) is 17.4. The second kappa shape index (κ2) is 8.05. The minimum absolute atomic E-state index is 0.285. The van der Waals surface area contributed by atoms with Crippen LogP contribution in [-0.2, 0) is 16.6 Å². The molecular formula is C17H21N5O2. The Morgan fingerprint density at radius 1 is 1.17 bits per heavy atom. The van der Waals surface area contributed by atoms with Crippen molar-refractivity contribution in [3.63, 3.8) is 0 Å². The molecule has 7 nitrogen and oxygen atoms in total. The highest BCUT2D eigenvalue weighted by molar-refractivity contribution is 5.95. The Kier molecular flexibility index (Phi) is 5.83. The summed E-state index contributed by atoms with van der Waals surface area (Å²) in [5.41, 5.74) is 0.917. The van der Waals surface area contributed by atoms with Gasteiger partial charge in [-0.15, -0.1) is 10.2 Å². The molecule has 126 valence electrons. The number of rotatable bonds is 6. The molecule has 1 aromatic heterocycles. The van der Waals surface area contributed by atoms with Gasteiger partial charge in [-0.3, -0.25) is 9.59 Å². The molecule has 0 aliphatic carbocycles. The van der Waals surface area contributed by atoms with Gasteiger partial charge in [0.1, 0.15) is 12.4 Å². The summed E-state index contributed by atoms with van der Waals surface area (Å²) in [6.07, 6.45) is 4.67. The van der Waals surface area contributed by atoms with Gasteiger partial charge >= 0.3 is 0 Å². The number of nitrogens with one attached hydrogen (secondary N) is 2. The van der Waals surface area contributed by atoms with Gasteiger partial charge in [0.15, 0.2) is 5.82 Å². The predicted molar refractivity (Wildman–Crippen MR) is 90.6 cm³/mol. The number of aryl methyl sites for hydroxylation is 1. The Hall–Kier alpha value is -2.96. The van der Waals surface area contributed by atoms with Crippen LogP contribution in [-0.4, -0.2) is 32.6 Å². The molecule has 0 bridgehead atoms. The van der Waals surface area contributed by atoms with Crippen LogP contribution in [0.4, 0.5) is 0 Å². The van der Waals surface area contributed by atoms with E-state index in [-0.39, 0.29) is 17.9 Å². The standard InChI is InChI=1S/C17H21N5O2/c1-12(16-21-18-11-22(16)3)20-17(24)13(2)19-15(23)10-9-14-7-5-4-6-8-14/h4-13H,1-3H3,(H,19,23)(H,20,24)/b10-9-/t12-,13+/m1/s1. The molecule has 2 rings (SSSR count). The summed E-state index contributed by atoms with van der Waals surface area (Å²) < 4.78 is 1.73.